The van der Waals surface area contributed by atoms with Gasteiger partial charge in [0.1, 0.15) is 0 Å². The van der Waals surface area contributed by atoms with Gasteiger partial charge in [-0.15, -0.1) is 0 Å². The van der Waals surface area contributed by atoms with Gasteiger partial charge in [0.05, 0.1) is 6.61 Å². The molecule has 1 aromatic carbocycles. The number of hydrogen-bond donors (Lipinski definition) is 3. The molecule has 3 N–H and O–H groups in total. The van der Waals surface area contributed by atoms with E-state index in [-0.39, 0.29) is 6.61 Å². The van der Waals surface area contributed by atoms with E-state index in [9.17, 15) is 0 Å². The van der Waals surface area contributed by atoms with Gasteiger partial charge in [0.25, 0.3) is 0 Å². The predicted octanol–water partition coefficient (Wildman–Crippen LogP) is 2.09. The maximum absolute atomic E-state index is 9.00. The van der Waals surface area contributed by atoms with Crippen molar-refractivity contribution in [2.75, 3.05) is 11.5 Å². The normalized spacial score (nSPS) is 11.0. The lowest BCUT2D eigenvalue weighted by molar-refractivity contribution is 0.282. The highest BCUT2D eigenvalue weighted by molar-refractivity contribution is 7.80. The summed E-state index contributed by atoms with van der Waals surface area (Å²) >= 11 is 4.11. The van der Waals surface area contributed by atoms with Crippen molar-refractivity contribution in [1.82, 2.24) is 0 Å². The van der Waals surface area contributed by atoms with Gasteiger partial charge in [-0.1, -0.05) is 18.2 Å². The first-order valence-corrected chi connectivity index (χ1v) is 5.18. The van der Waals surface area contributed by atoms with Gasteiger partial charge < -0.3 is 10.8 Å². The van der Waals surface area contributed by atoms with Gasteiger partial charge >= 0.3 is 0 Å². The van der Waals surface area contributed by atoms with Crippen LogP contribution in [-0.2, 0) is 6.61 Å². The first-order valence-electron chi connectivity index (χ1n) is 4.54. The molecule has 0 aliphatic carbocycles. The molecule has 1 aromatic rings. The fourth-order valence-corrected chi connectivity index (χ4v) is 1.31. The van der Waals surface area contributed by atoms with E-state index < -0.39 is 0 Å². The highest BCUT2D eigenvalue weighted by Gasteiger charge is 1.97. The van der Waals surface area contributed by atoms with Crippen molar-refractivity contribution in [2.45, 2.75) is 13.0 Å². The van der Waals surface area contributed by atoms with Crippen LogP contribution in [0, 0.1) is 0 Å². The fourth-order valence-electron chi connectivity index (χ4n) is 1.16. The third kappa shape index (κ3) is 3.09. The highest BCUT2D eigenvalue weighted by atomic mass is 32.1. The smallest absolute Gasteiger partial charge is 0.0702 e. The van der Waals surface area contributed by atoms with Crippen molar-refractivity contribution in [3.05, 3.63) is 35.4 Å². The van der Waals surface area contributed by atoms with Crippen LogP contribution in [0.4, 0.5) is 5.69 Å². The van der Waals surface area contributed by atoms with E-state index in [0.717, 1.165) is 23.3 Å². The topological polar surface area (TPSA) is 46.2 Å². The van der Waals surface area contributed by atoms with E-state index in [1.807, 2.05) is 24.3 Å². The molecule has 0 unspecified atom stereocenters. The number of aliphatic hydroxyl groups is 1. The molecule has 3 heteroatoms. The Bertz CT molecular complexity index is 323. The number of anilines is 1. The lowest BCUT2D eigenvalue weighted by Gasteiger charge is -2.02. The van der Waals surface area contributed by atoms with Crippen LogP contribution >= 0.6 is 12.6 Å². The second-order valence-electron chi connectivity index (χ2n) is 3.03. The molecule has 76 valence electrons. The predicted molar refractivity (Wildman–Crippen MR) is 64.3 cm³/mol. The summed E-state index contributed by atoms with van der Waals surface area (Å²) in [6.07, 6.45) is 5.01. The van der Waals surface area contributed by atoms with Crippen molar-refractivity contribution in [3.63, 3.8) is 0 Å². The Morgan fingerprint density at radius 3 is 2.86 bits per heavy atom. The largest absolute Gasteiger partial charge is 0.398 e. The molecule has 0 heterocycles. The Morgan fingerprint density at radius 2 is 2.21 bits per heavy atom. The van der Waals surface area contributed by atoms with Crippen molar-refractivity contribution in [2.24, 2.45) is 0 Å². The van der Waals surface area contributed by atoms with E-state index in [1.54, 1.807) is 0 Å². The van der Waals surface area contributed by atoms with Crippen LogP contribution in [-0.4, -0.2) is 10.9 Å². The summed E-state index contributed by atoms with van der Waals surface area (Å²) in [5, 5.41) is 9.00. The number of allylic oxidation sites excluding steroid dienone is 1. The average Bonchev–Trinajstić information content (AvgIpc) is 2.21. The number of thiol groups is 1. The van der Waals surface area contributed by atoms with Crippen molar-refractivity contribution in [1.29, 1.82) is 0 Å². The highest BCUT2D eigenvalue weighted by Crippen LogP contribution is 2.15. The van der Waals surface area contributed by atoms with Crippen LogP contribution in [0.25, 0.3) is 6.08 Å². The van der Waals surface area contributed by atoms with Crippen LogP contribution in [0.5, 0.6) is 0 Å². The van der Waals surface area contributed by atoms with Gasteiger partial charge in [-0.2, -0.15) is 12.6 Å². The lowest BCUT2D eigenvalue weighted by Crippen LogP contribution is -1.93. The van der Waals surface area contributed by atoms with E-state index in [0.29, 0.717) is 5.69 Å². The van der Waals surface area contributed by atoms with Gasteiger partial charge in [0, 0.05) is 11.3 Å². The zero-order chi connectivity index (χ0) is 10.4. The molecule has 0 saturated heterocycles. The Balaban J connectivity index is 2.79. The van der Waals surface area contributed by atoms with Crippen LogP contribution in [0.2, 0.25) is 0 Å². The summed E-state index contributed by atoms with van der Waals surface area (Å²) in [4.78, 5) is 0. The number of hydrogen-bond acceptors (Lipinski definition) is 3. The third-order valence-corrected chi connectivity index (χ3v) is 2.20. The molecular weight excluding hydrogens is 194 g/mol. The number of nitrogens with two attached hydrogens (primary N) is 1. The summed E-state index contributed by atoms with van der Waals surface area (Å²) < 4.78 is 0. The van der Waals surface area contributed by atoms with Crippen LogP contribution in [0.15, 0.2) is 24.3 Å². The van der Waals surface area contributed by atoms with Gasteiger partial charge in [0.15, 0.2) is 0 Å². The third-order valence-electron chi connectivity index (χ3n) is 1.94. The molecule has 0 fully saturated rings. The molecule has 0 bridgehead atoms. The zero-order valence-corrected chi connectivity index (χ0v) is 8.87. The molecule has 0 aliphatic heterocycles. The average molecular weight is 209 g/mol. The minimum absolute atomic E-state index is 0.0138. The summed E-state index contributed by atoms with van der Waals surface area (Å²) in [6.45, 7) is -0.0138. The fraction of sp³-hybridized carbons (Fsp3) is 0.273. The molecule has 0 atom stereocenters. The Hall–Kier alpha value is -0.930. The minimum atomic E-state index is -0.0138. The van der Waals surface area contributed by atoms with E-state index in [4.69, 9.17) is 10.8 Å². The van der Waals surface area contributed by atoms with E-state index in [1.165, 1.54) is 0 Å². The molecule has 1 rings (SSSR count). The standard InChI is InChI=1S/C11H15NOS/c12-11-5-4-9(3-1-2-6-14)7-10(11)8-13/h1,3-5,7,13-14H,2,6,8,12H2. The van der Waals surface area contributed by atoms with Crippen LogP contribution in [0.3, 0.4) is 0 Å². The van der Waals surface area contributed by atoms with E-state index in [2.05, 4.69) is 18.7 Å². The first kappa shape index (κ1) is 11.1. The second-order valence-corrected chi connectivity index (χ2v) is 3.48. The summed E-state index contributed by atoms with van der Waals surface area (Å²) in [5.74, 6) is 0.846. The molecule has 0 spiro atoms. The van der Waals surface area contributed by atoms with Gasteiger partial charge in [-0.05, 0) is 29.9 Å². The molecule has 0 aliphatic rings. The summed E-state index contributed by atoms with van der Waals surface area (Å²) in [6, 6.07) is 5.64. The molecule has 0 saturated carbocycles. The maximum atomic E-state index is 9.00. The SMILES string of the molecule is Nc1ccc(C=CCCS)cc1CO. The Labute approximate surface area is 89.9 Å². The number of rotatable bonds is 4. The number of nitrogen functional groups attached to an aromatic ring is 1. The number of benzene rings is 1. The van der Waals surface area contributed by atoms with Gasteiger partial charge in [-0.3, -0.25) is 0 Å². The summed E-state index contributed by atoms with van der Waals surface area (Å²) in [5.41, 5.74) is 8.13. The minimum Gasteiger partial charge on any atom is -0.398 e. The van der Waals surface area contributed by atoms with Crippen molar-refractivity contribution >= 4 is 24.4 Å². The van der Waals surface area contributed by atoms with Crippen molar-refractivity contribution < 1.29 is 5.11 Å². The van der Waals surface area contributed by atoms with Crippen LogP contribution in [0.1, 0.15) is 17.5 Å². The molecule has 14 heavy (non-hydrogen) atoms. The first-order chi connectivity index (χ1) is 6.77. The zero-order valence-electron chi connectivity index (χ0n) is 7.98. The lowest BCUT2D eigenvalue weighted by atomic mass is 10.1. The maximum Gasteiger partial charge on any atom is 0.0702 e. The number of aliphatic hydroxyl groups excluding tert-OH is 1. The molecule has 0 amide bonds. The summed E-state index contributed by atoms with van der Waals surface area (Å²) in [7, 11) is 0. The Morgan fingerprint density at radius 1 is 1.43 bits per heavy atom. The monoisotopic (exact) mass is 209 g/mol. The Kier molecular flexibility index (Phi) is 4.56. The van der Waals surface area contributed by atoms with Crippen LogP contribution < -0.4 is 5.73 Å². The van der Waals surface area contributed by atoms with Crippen molar-refractivity contribution in [3.8, 4) is 0 Å². The quantitative estimate of drug-likeness (QED) is 0.525. The molecule has 0 radical (unpaired) electrons. The van der Waals surface area contributed by atoms with Gasteiger partial charge in [-0.25, -0.2) is 0 Å². The molecule has 2 nitrogen and oxygen atoms in total. The second kappa shape index (κ2) is 5.73. The molecule has 0 aromatic heterocycles. The molecular formula is C11H15NOS. The van der Waals surface area contributed by atoms with E-state index >= 15 is 0 Å². The van der Waals surface area contributed by atoms with Gasteiger partial charge in [0.2, 0.25) is 0 Å².